The lowest BCUT2D eigenvalue weighted by atomic mass is 9.77. The summed E-state index contributed by atoms with van der Waals surface area (Å²) >= 11 is 0. The molecule has 0 aliphatic carbocycles. The highest BCUT2D eigenvalue weighted by atomic mass is 15.0. The molecule has 0 aliphatic heterocycles. The van der Waals surface area contributed by atoms with Gasteiger partial charge in [-0.1, -0.05) is 44.2 Å². The van der Waals surface area contributed by atoms with E-state index in [1.165, 1.54) is 37.7 Å². The van der Waals surface area contributed by atoms with Gasteiger partial charge < -0.3 is 5.32 Å². The van der Waals surface area contributed by atoms with E-state index in [4.69, 9.17) is 0 Å². The quantitative estimate of drug-likeness (QED) is 0.687. The molecule has 0 aromatic heterocycles. The van der Waals surface area contributed by atoms with Crippen LogP contribution in [-0.4, -0.2) is 12.1 Å². The first-order valence-electron chi connectivity index (χ1n) is 8.20. The SMILES string of the molecule is CCC(CC)(CCCc1ccccc1)CNC(C)(C)C. The van der Waals surface area contributed by atoms with Crippen molar-refractivity contribution in [2.75, 3.05) is 6.54 Å². The van der Waals surface area contributed by atoms with Crippen molar-refractivity contribution < 1.29 is 0 Å². The molecule has 0 spiro atoms. The highest BCUT2D eigenvalue weighted by molar-refractivity contribution is 5.14. The number of hydrogen-bond acceptors (Lipinski definition) is 1. The molecule has 114 valence electrons. The van der Waals surface area contributed by atoms with Crippen LogP contribution in [0.3, 0.4) is 0 Å². The van der Waals surface area contributed by atoms with Crippen LogP contribution in [0.2, 0.25) is 0 Å². The van der Waals surface area contributed by atoms with Gasteiger partial charge in [0.15, 0.2) is 0 Å². The summed E-state index contributed by atoms with van der Waals surface area (Å²) in [5.41, 5.74) is 2.15. The maximum absolute atomic E-state index is 3.71. The first-order valence-corrected chi connectivity index (χ1v) is 8.20. The fourth-order valence-electron chi connectivity index (χ4n) is 2.71. The number of benzene rings is 1. The molecule has 0 bridgehead atoms. The van der Waals surface area contributed by atoms with Crippen LogP contribution in [-0.2, 0) is 6.42 Å². The molecule has 0 atom stereocenters. The Bertz CT molecular complexity index is 357. The average molecular weight is 275 g/mol. The lowest BCUT2D eigenvalue weighted by molar-refractivity contribution is 0.200. The third-order valence-electron chi connectivity index (χ3n) is 4.51. The average Bonchev–Trinajstić information content (AvgIpc) is 2.43. The minimum absolute atomic E-state index is 0.217. The standard InChI is InChI=1S/C19H33N/c1-6-19(7-2,16-20-18(3,4)5)15-11-14-17-12-9-8-10-13-17/h8-10,12-13,20H,6-7,11,14-16H2,1-5H3. The molecule has 0 unspecified atom stereocenters. The predicted molar refractivity (Wildman–Crippen MR) is 90.2 cm³/mol. The minimum Gasteiger partial charge on any atom is -0.312 e. The van der Waals surface area contributed by atoms with Crippen molar-refractivity contribution in [3.8, 4) is 0 Å². The zero-order chi connectivity index (χ0) is 15.1. The zero-order valence-electron chi connectivity index (χ0n) is 14.1. The third-order valence-corrected chi connectivity index (χ3v) is 4.51. The van der Waals surface area contributed by atoms with E-state index >= 15 is 0 Å². The van der Waals surface area contributed by atoms with Gasteiger partial charge in [0.05, 0.1) is 0 Å². The Balaban J connectivity index is 2.49. The summed E-state index contributed by atoms with van der Waals surface area (Å²) in [6.45, 7) is 12.6. The van der Waals surface area contributed by atoms with E-state index in [0.29, 0.717) is 5.41 Å². The molecule has 1 heteroatoms. The predicted octanol–water partition coefficient (Wildman–Crippen LogP) is 5.20. The molecule has 1 N–H and O–H groups in total. The van der Waals surface area contributed by atoms with Crippen LogP contribution in [0.25, 0.3) is 0 Å². The normalized spacial score (nSPS) is 12.7. The Morgan fingerprint density at radius 1 is 0.950 bits per heavy atom. The van der Waals surface area contributed by atoms with E-state index in [0.717, 1.165) is 6.54 Å². The first-order chi connectivity index (χ1) is 9.41. The molecule has 0 aliphatic rings. The van der Waals surface area contributed by atoms with E-state index in [1.54, 1.807) is 0 Å². The number of nitrogens with one attached hydrogen (secondary N) is 1. The number of rotatable bonds is 8. The van der Waals surface area contributed by atoms with Crippen molar-refractivity contribution in [3.63, 3.8) is 0 Å². The summed E-state index contributed by atoms with van der Waals surface area (Å²) in [6.07, 6.45) is 6.34. The Kier molecular flexibility index (Phi) is 6.75. The second-order valence-corrected chi connectivity index (χ2v) is 7.15. The molecule has 0 saturated carbocycles. The van der Waals surface area contributed by atoms with Crippen LogP contribution in [0.15, 0.2) is 30.3 Å². The van der Waals surface area contributed by atoms with Gasteiger partial charge in [0.2, 0.25) is 0 Å². The monoisotopic (exact) mass is 275 g/mol. The second kappa shape index (κ2) is 7.83. The van der Waals surface area contributed by atoms with Gasteiger partial charge in [0, 0.05) is 12.1 Å². The Morgan fingerprint density at radius 2 is 1.55 bits per heavy atom. The van der Waals surface area contributed by atoms with E-state index in [-0.39, 0.29) is 5.54 Å². The van der Waals surface area contributed by atoms with Gasteiger partial charge in [-0.05, 0) is 63.9 Å². The van der Waals surface area contributed by atoms with E-state index in [1.807, 2.05) is 0 Å². The van der Waals surface area contributed by atoms with Crippen LogP contribution in [0.5, 0.6) is 0 Å². The lowest BCUT2D eigenvalue weighted by Gasteiger charge is -2.35. The van der Waals surface area contributed by atoms with Crippen molar-refractivity contribution in [1.29, 1.82) is 0 Å². The van der Waals surface area contributed by atoms with Crippen molar-refractivity contribution in [1.82, 2.24) is 5.32 Å². The summed E-state index contributed by atoms with van der Waals surface area (Å²) in [5.74, 6) is 0. The van der Waals surface area contributed by atoms with E-state index in [2.05, 4.69) is 70.3 Å². The third kappa shape index (κ3) is 6.09. The molecule has 1 aromatic carbocycles. The molecule has 0 radical (unpaired) electrons. The van der Waals surface area contributed by atoms with Crippen molar-refractivity contribution >= 4 is 0 Å². The molecule has 0 heterocycles. The van der Waals surface area contributed by atoms with E-state index in [9.17, 15) is 0 Å². The lowest BCUT2D eigenvalue weighted by Crippen LogP contribution is -2.43. The van der Waals surface area contributed by atoms with Gasteiger partial charge in [-0.2, -0.15) is 0 Å². The van der Waals surface area contributed by atoms with Crippen LogP contribution in [0.4, 0.5) is 0 Å². The highest BCUT2D eigenvalue weighted by Crippen LogP contribution is 2.32. The van der Waals surface area contributed by atoms with Crippen LogP contribution >= 0.6 is 0 Å². The fraction of sp³-hybridized carbons (Fsp3) is 0.684. The molecule has 1 nitrogen and oxygen atoms in total. The maximum atomic E-state index is 3.71. The number of aryl methyl sites for hydroxylation is 1. The summed E-state index contributed by atoms with van der Waals surface area (Å²) in [7, 11) is 0. The Hall–Kier alpha value is -0.820. The van der Waals surface area contributed by atoms with Crippen molar-refractivity contribution in [2.45, 2.75) is 72.3 Å². The molecule has 0 fully saturated rings. The Morgan fingerprint density at radius 3 is 2.05 bits per heavy atom. The topological polar surface area (TPSA) is 12.0 Å². The van der Waals surface area contributed by atoms with Gasteiger partial charge in [0.1, 0.15) is 0 Å². The minimum atomic E-state index is 0.217. The fourth-order valence-corrected chi connectivity index (χ4v) is 2.71. The number of hydrogen-bond donors (Lipinski definition) is 1. The first kappa shape index (κ1) is 17.2. The van der Waals surface area contributed by atoms with Gasteiger partial charge in [0.25, 0.3) is 0 Å². The van der Waals surface area contributed by atoms with Gasteiger partial charge in [-0.15, -0.1) is 0 Å². The van der Waals surface area contributed by atoms with Gasteiger partial charge in [-0.3, -0.25) is 0 Å². The summed E-state index contributed by atoms with van der Waals surface area (Å²) in [4.78, 5) is 0. The molecule has 0 saturated heterocycles. The molecular weight excluding hydrogens is 242 g/mol. The summed E-state index contributed by atoms with van der Waals surface area (Å²) < 4.78 is 0. The smallest absolute Gasteiger partial charge is 0.00967 e. The summed E-state index contributed by atoms with van der Waals surface area (Å²) in [5, 5.41) is 3.71. The van der Waals surface area contributed by atoms with Gasteiger partial charge >= 0.3 is 0 Å². The summed E-state index contributed by atoms with van der Waals surface area (Å²) in [6, 6.07) is 10.9. The Labute approximate surface area is 126 Å². The second-order valence-electron chi connectivity index (χ2n) is 7.15. The van der Waals surface area contributed by atoms with Crippen molar-refractivity contribution in [2.24, 2.45) is 5.41 Å². The van der Waals surface area contributed by atoms with Crippen LogP contribution in [0, 0.1) is 5.41 Å². The molecule has 1 rings (SSSR count). The van der Waals surface area contributed by atoms with Gasteiger partial charge in [-0.25, -0.2) is 0 Å². The van der Waals surface area contributed by atoms with Crippen LogP contribution in [0.1, 0.15) is 65.9 Å². The van der Waals surface area contributed by atoms with Crippen molar-refractivity contribution in [3.05, 3.63) is 35.9 Å². The van der Waals surface area contributed by atoms with Crippen LogP contribution < -0.4 is 5.32 Å². The maximum Gasteiger partial charge on any atom is 0.00967 e. The highest BCUT2D eigenvalue weighted by Gasteiger charge is 2.27. The molecular formula is C19H33N. The van der Waals surface area contributed by atoms with E-state index < -0.39 is 0 Å². The molecule has 0 amide bonds. The largest absolute Gasteiger partial charge is 0.312 e. The molecule has 20 heavy (non-hydrogen) atoms. The zero-order valence-corrected chi connectivity index (χ0v) is 14.1. The molecule has 1 aromatic rings.